The summed E-state index contributed by atoms with van der Waals surface area (Å²) in [5.41, 5.74) is 0.914. The summed E-state index contributed by atoms with van der Waals surface area (Å²) in [7, 11) is 0. The Hall–Kier alpha value is -1.61. The van der Waals surface area contributed by atoms with Gasteiger partial charge in [-0.2, -0.15) is 0 Å². The van der Waals surface area contributed by atoms with Gasteiger partial charge in [0.2, 0.25) is 0 Å². The van der Waals surface area contributed by atoms with Crippen LogP contribution in [0, 0.1) is 0 Å². The van der Waals surface area contributed by atoms with Crippen LogP contribution in [0.3, 0.4) is 0 Å². The number of aromatic nitrogens is 1. The van der Waals surface area contributed by atoms with E-state index in [0.717, 1.165) is 29.7 Å². The van der Waals surface area contributed by atoms with Crippen molar-refractivity contribution >= 4 is 16.6 Å². The molecule has 1 atom stereocenters. The zero-order valence-electron chi connectivity index (χ0n) is 12.8. The van der Waals surface area contributed by atoms with Gasteiger partial charge in [-0.25, -0.2) is 4.98 Å². The summed E-state index contributed by atoms with van der Waals surface area (Å²) in [5, 5.41) is 11.8. The standard InChI is InChI=1S/C18H24N2O/c1-2-15-8-4-3-7-11-20(15)18-17-10-6-5-9-16(17)14(13-21)12-19-18/h5-6,9-10,12,15,21H,2-4,7-8,11,13H2,1H3. The van der Waals surface area contributed by atoms with Gasteiger partial charge in [0.25, 0.3) is 0 Å². The van der Waals surface area contributed by atoms with Gasteiger partial charge in [-0.15, -0.1) is 0 Å². The predicted molar refractivity (Wildman–Crippen MR) is 87.6 cm³/mol. The lowest BCUT2D eigenvalue weighted by molar-refractivity contribution is 0.283. The molecule has 0 spiro atoms. The highest BCUT2D eigenvalue weighted by molar-refractivity contribution is 5.94. The molecule has 2 aromatic rings. The predicted octanol–water partition coefficient (Wildman–Crippen LogP) is 3.89. The number of nitrogens with zero attached hydrogens (tertiary/aromatic N) is 2. The van der Waals surface area contributed by atoms with E-state index in [-0.39, 0.29) is 6.61 Å². The maximum atomic E-state index is 9.53. The first-order valence-electron chi connectivity index (χ1n) is 8.09. The Morgan fingerprint density at radius 1 is 1.19 bits per heavy atom. The molecule has 1 aromatic carbocycles. The van der Waals surface area contributed by atoms with Crippen LogP contribution in [0.5, 0.6) is 0 Å². The van der Waals surface area contributed by atoms with Crippen molar-refractivity contribution < 1.29 is 5.11 Å². The quantitative estimate of drug-likeness (QED) is 0.929. The number of rotatable bonds is 3. The van der Waals surface area contributed by atoms with Crippen molar-refractivity contribution in [3.8, 4) is 0 Å². The summed E-state index contributed by atoms with van der Waals surface area (Å²) in [4.78, 5) is 7.20. The van der Waals surface area contributed by atoms with Crippen LogP contribution in [0.4, 0.5) is 5.82 Å². The minimum atomic E-state index is 0.0466. The van der Waals surface area contributed by atoms with Crippen molar-refractivity contribution in [3.05, 3.63) is 36.0 Å². The summed E-state index contributed by atoms with van der Waals surface area (Å²) >= 11 is 0. The summed E-state index contributed by atoms with van der Waals surface area (Å²) in [6.07, 6.45) is 8.15. The molecule has 0 bridgehead atoms. The normalized spacial score (nSPS) is 19.7. The Morgan fingerprint density at radius 3 is 2.76 bits per heavy atom. The van der Waals surface area contributed by atoms with Gasteiger partial charge in [0, 0.05) is 29.7 Å². The number of pyridine rings is 1. The van der Waals surface area contributed by atoms with Crippen LogP contribution in [0.2, 0.25) is 0 Å². The number of benzene rings is 1. The number of anilines is 1. The lowest BCUT2D eigenvalue weighted by Gasteiger charge is -2.31. The van der Waals surface area contributed by atoms with Gasteiger partial charge in [0.1, 0.15) is 5.82 Å². The molecule has 1 fully saturated rings. The first-order chi connectivity index (χ1) is 10.3. The van der Waals surface area contributed by atoms with Crippen LogP contribution < -0.4 is 4.90 Å². The molecule has 3 nitrogen and oxygen atoms in total. The molecule has 0 aliphatic carbocycles. The second-order valence-electron chi connectivity index (χ2n) is 5.92. The monoisotopic (exact) mass is 284 g/mol. The van der Waals surface area contributed by atoms with E-state index in [4.69, 9.17) is 4.98 Å². The zero-order valence-corrected chi connectivity index (χ0v) is 12.8. The number of hydrogen-bond acceptors (Lipinski definition) is 3. The van der Waals surface area contributed by atoms with E-state index in [1.807, 2.05) is 12.3 Å². The van der Waals surface area contributed by atoms with Crippen molar-refractivity contribution in [1.29, 1.82) is 0 Å². The Balaban J connectivity index is 2.10. The van der Waals surface area contributed by atoms with Gasteiger partial charge in [0.05, 0.1) is 6.61 Å². The average molecular weight is 284 g/mol. The van der Waals surface area contributed by atoms with Crippen molar-refractivity contribution in [2.45, 2.75) is 51.7 Å². The van der Waals surface area contributed by atoms with E-state index in [2.05, 4.69) is 30.0 Å². The molecule has 1 saturated heterocycles. The Kier molecular flexibility index (Phi) is 4.39. The number of aliphatic hydroxyl groups excluding tert-OH is 1. The van der Waals surface area contributed by atoms with E-state index in [1.165, 1.54) is 31.1 Å². The van der Waals surface area contributed by atoms with E-state index >= 15 is 0 Å². The van der Waals surface area contributed by atoms with Crippen molar-refractivity contribution in [3.63, 3.8) is 0 Å². The molecule has 21 heavy (non-hydrogen) atoms. The molecular formula is C18H24N2O. The number of fused-ring (bicyclic) bond motifs is 1. The van der Waals surface area contributed by atoms with Gasteiger partial charge < -0.3 is 10.0 Å². The van der Waals surface area contributed by atoms with Crippen molar-refractivity contribution in [2.75, 3.05) is 11.4 Å². The minimum absolute atomic E-state index is 0.0466. The third kappa shape index (κ3) is 2.75. The fourth-order valence-electron chi connectivity index (χ4n) is 3.47. The van der Waals surface area contributed by atoms with Crippen LogP contribution in [-0.2, 0) is 6.61 Å². The van der Waals surface area contributed by atoms with E-state index in [1.54, 1.807) is 0 Å². The number of aliphatic hydroxyl groups is 1. The highest BCUT2D eigenvalue weighted by Crippen LogP contribution is 2.31. The molecule has 1 N–H and O–H groups in total. The van der Waals surface area contributed by atoms with Crippen LogP contribution in [0.25, 0.3) is 10.8 Å². The fraction of sp³-hybridized carbons (Fsp3) is 0.500. The van der Waals surface area contributed by atoms with Gasteiger partial charge in [-0.05, 0) is 24.6 Å². The van der Waals surface area contributed by atoms with E-state index in [0.29, 0.717) is 6.04 Å². The highest BCUT2D eigenvalue weighted by Gasteiger charge is 2.22. The van der Waals surface area contributed by atoms with Crippen LogP contribution in [-0.4, -0.2) is 22.7 Å². The molecule has 1 aromatic heterocycles. The molecule has 0 saturated carbocycles. The first-order valence-corrected chi connectivity index (χ1v) is 8.09. The molecule has 1 unspecified atom stereocenters. The molecule has 2 heterocycles. The van der Waals surface area contributed by atoms with Gasteiger partial charge in [0.15, 0.2) is 0 Å². The lowest BCUT2D eigenvalue weighted by Crippen LogP contribution is -2.35. The molecular weight excluding hydrogens is 260 g/mol. The summed E-state index contributed by atoms with van der Waals surface area (Å²) in [5.74, 6) is 1.09. The molecule has 3 rings (SSSR count). The van der Waals surface area contributed by atoms with Crippen molar-refractivity contribution in [2.24, 2.45) is 0 Å². The third-order valence-electron chi connectivity index (χ3n) is 4.65. The minimum Gasteiger partial charge on any atom is -0.392 e. The molecule has 3 heteroatoms. The summed E-state index contributed by atoms with van der Waals surface area (Å²) in [6.45, 7) is 3.41. The van der Waals surface area contributed by atoms with E-state index < -0.39 is 0 Å². The number of hydrogen-bond donors (Lipinski definition) is 1. The second-order valence-corrected chi connectivity index (χ2v) is 5.92. The molecule has 1 aliphatic rings. The molecule has 0 amide bonds. The topological polar surface area (TPSA) is 36.4 Å². The average Bonchev–Trinajstić information content (AvgIpc) is 2.79. The lowest BCUT2D eigenvalue weighted by atomic mass is 10.0. The third-order valence-corrected chi connectivity index (χ3v) is 4.65. The Bertz CT molecular complexity index is 611. The molecule has 0 radical (unpaired) electrons. The summed E-state index contributed by atoms with van der Waals surface area (Å²) in [6, 6.07) is 8.90. The largest absolute Gasteiger partial charge is 0.392 e. The smallest absolute Gasteiger partial charge is 0.136 e. The Labute approximate surface area is 126 Å². The zero-order chi connectivity index (χ0) is 14.7. The Morgan fingerprint density at radius 2 is 2.00 bits per heavy atom. The second kappa shape index (κ2) is 6.44. The van der Waals surface area contributed by atoms with E-state index in [9.17, 15) is 5.11 Å². The molecule has 1 aliphatic heterocycles. The highest BCUT2D eigenvalue weighted by atomic mass is 16.3. The fourth-order valence-corrected chi connectivity index (χ4v) is 3.47. The maximum absolute atomic E-state index is 9.53. The SMILES string of the molecule is CCC1CCCCCN1c1ncc(CO)c2ccccc12. The molecule has 112 valence electrons. The van der Waals surface area contributed by atoms with Crippen LogP contribution in [0.15, 0.2) is 30.5 Å². The van der Waals surface area contributed by atoms with Crippen LogP contribution >= 0.6 is 0 Å². The van der Waals surface area contributed by atoms with Gasteiger partial charge in [-0.1, -0.05) is 44.0 Å². The van der Waals surface area contributed by atoms with Gasteiger partial charge >= 0.3 is 0 Å². The first kappa shape index (κ1) is 14.3. The van der Waals surface area contributed by atoms with Crippen molar-refractivity contribution in [1.82, 2.24) is 4.98 Å². The maximum Gasteiger partial charge on any atom is 0.136 e. The van der Waals surface area contributed by atoms with Gasteiger partial charge in [-0.3, -0.25) is 0 Å². The van der Waals surface area contributed by atoms with Crippen LogP contribution in [0.1, 0.15) is 44.6 Å². The summed E-state index contributed by atoms with van der Waals surface area (Å²) < 4.78 is 0.